The molecule has 1 aliphatic heterocycles. The topological polar surface area (TPSA) is 72.4 Å². The molecule has 0 spiro atoms. The molecule has 128 valence electrons. The van der Waals surface area contributed by atoms with Gasteiger partial charge >= 0.3 is 0 Å². The average molecular weight is 413 g/mol. The van der Waals surface area contributed by atoms with Gasteiger partial charge in [-0.05, 0) is 33.1 Å². The lowest BCUT2D eigenvalue weighted by Crippen LogP contribution is -2.28. The van der Waals surface area contributed by atoms with Crippen LogP contribution < -0.4 is 5.73 Å². The second-order valence-corrected chi connectivity index (χ2v) is 6.77. The molecule has 1 aliphatic rings. The number of nitrogens with zero attached hydrogens (tertiary/aromatic N) is 2. The quantitative estimate of drug-likeness (QED) is 0.614. The summed E-state index contributed by atoms with van der Waals surface area (Å²) in [6.45, 7) is 2.34. The lowest BCUT2D eigenvalue weighted by Gasteiger charge is -2.16. The van der Waals surface area contributed by atoms with Crippen molar-refractivity contribution in [2.45, 2.75) is 18.5 Å². The highest BCUT2D eigenvalue weighted by molar-refractivity contribution is 9.10. The van der Waals surface area contributed by atoms with Crippen LogP contribution in [0.2, 0.25) is 0 Å². The number of likely N-dealkylation sites (tertiary alicyclic amines) is 1. The normalized spacial score (nSPS) is 20.6. The van der Waals surface area contributed by atoms with E-state index in [2.05, 4.69) is 33.0 Å². The van der Waals surface area contributed by atoms with Gasteiger partial charge in [-0.3, -0.25) is 15.0 Å². The number of hydrogen-bond acceptors (Lipinski definition) is 4. The Morgan fingerprint density at radius 3 is 2.58 bits per heavy atom. The van der Waals surface area contributed by atoms with E-state index in [0.717, 1.165) is 18.7 Å². The van der Waals surface area contributed by atoms with Crippen LogP contribution in [0.4, 0.5) is 5.69 Å². The number of hydrogen-bond donors (Lipinski definition) is 1. The van der Waals surface area contributed by atoms with Gasteiger partial charge in [-0.15, -0.1) is 12.4 Å². The second-order valence-electron chi connectivity index (χ2n) is 5.92. The Kier molecular flexibility index (Phi) is 6.34. The predicted molar refractivity (Wildman–Crippen MR) is 100 cm³/mol. The van der Waals surface area contributed by atoms with Crippen molar-refractivity contribution in [3.05, 3.63) is 74.2 Å². The molecule has 1 saturated heterocycles. The molecule has 0 saturated carbocycles. The van der Waals surface area contributed by atoms with Crippen LogP contribution in [0.25, 0.3) is 0 Å². The van der Waals surface area contributed by atoms with Gasteiger partial charge in [0.05, 0.1) is 9.40 Å². The SMILES string of the molecule is Cl.N[C@@H]1CN(Cc2ccc(Br)c([N+](=O)[O-])c2)C[C@H]1c1ccccc1. The third-order valence-electron chi connectivity index (χ3n) is 4.28. The van der Waals surface area contributed by atoms with Crippen LogP contribution in [-0.4, -0.2) is 29.0 Å². The minimum atomic E-state index is -0.365. The molecule has 0 bridgehead atoms. The Bertz CT molecular complexity index is 714. The van der Waals surface area contributed by atoms with Gasteiger partial charge in [-0.25, -0.2) is 0 Å². The largest absolute Gasteiger partial charge is 0.326 e. The molecule has 2 aromatic rings. The van der Waals surface area contributed by atoms with E-state index in [0.29, 0.717) is 16.9 Å². The summed E-state index contributed by atoms with van der Waals surface area (Å²) in [5, 5.41) is 11.0. The van der Waals surface area contributed by atoms with Gasteiger partial charge < -0.3 is 5.73 Å². The molecule has 2 N–H and O–H groups in total. The van der Waals surface area contributed by atoms with Crippen molar-refractivity contribution in [2.24, 2.45) is 5.73 Å². The summed E-state index contributed by atoms with van der Waals surface area (Å²) in [5.74, 6) is 0.307. The van der Waals surface area contributed by atoms with Crippen molar-refractivity contribution >= 4 is 34.0 Å². The second kappa shape index (κ2) is 8.07. The molecular formula is C17H19BrClN3O2. The maximum atomic E-state index is 11.0. The van der Waals surface area contributed by atoms with E-state index in [1.54, 1.807) is 12.1 Å². The van der Waals surface area contributed by atoms with Crippen molar-refractivity contribution in [1.29, 1.82) is 0 Å². The number of rotatable bonds is 4. The third kappa shape index (κ3) is 4.13. The van der Waals surface area contributed by atoms with Crippen LogP contribution in [0.5, 0.6) is 0 Å². The summed E-state index contributed by atoms with van der Waals surface area (Å²) in [5.41, 5.74) is 8.59. The molecule has 0 aliphatic carbocycles. The monoisotopic (exact) mass is 411 g/mol. The molecule has 2 aromatic carbocycles. The summed E-state index contributed by atoms with van der Waals surface area (Å²) >= 11 is 3.22. The molecule has 0 radical (unpaired) electrons. The van der Waals surface area contributed by atoms with Gasteiger partial charge in [0.2, 0.25) is 0 Å². The Balaban J connectivity index is 0.00000208. The number of halogens is 2. The van der Waals surface area contributed by atoms with Gasteiger partial charge in [0.25, 0.3) is 5.69 Å². The summed E-state index contributed by atoms with van der Waals surface area (Å²) in [6, 6.07) is 15.6. The molecule has 0 aromatic heterocycles. The summed E-state index contributed by atoms with van der Waals surface area (Å²) < 4.78 is 0.506. The molecule has 3 rings (SSSR count). The van der Waals surface area contributed by atoms with E-state index in [-0.39, 0.29) is 29.1 Å². The Morgan fingerprint density at radius 1 is 1.21 bits per heavy atom. The standard InChI is InChI=1S/C17H18BrN3O2.ClH/c18-15-7-6-12(8-17(15)21(22)23)9-20-10-14(16(19)11-20)13-4-2-1-3-5-13;/h1-8,14,16H,9-11,19H2;1H/t14-,16+;/m0./s1. The molecule has 1 fully saturated rings. The highest BCUT2D eigenvalue weighted by Gasteiger charge is 2.31. The van der Waals surface area contributed by atoms with Crippen molar-refractivity contribution in [3.8, 4) is 0 Å². The predicted octanol–water partition coefficient (Wildman–Crippen LogP) is 3.71. The number of benzene rings is 2. The van der Waals surface area contributed by atoms with Crippen LogP contribution in [0, 0.1) is 10.1 Å². The van der Waals surface area contributed by atoms with Crippen molar-refractivity contribution in [2.75, 3.05) is 13.1 Å². The fraction of sp³-hybridized carbons (Fsp3) is 0.294. The van der Waals surface area contributed by atoms with Gasteiger partial charge in [-0.1, -0.05) is 36.4 Å². The highest BCUT2D eigenvalue weighted by Crippen LogP contribution is 2.29. The van der Waals surface area contributed by atoms with E-state index in [4.69, 9.17) is 5.73 Å². The molecule has 2 atom stereocenters. The first-order chi connectivity index (χ1) is 11.0. The average Bonchev–Trinajstić information content (AvgIpc) is 2.90. The fourth-order valence-corrected chi connectivity index (χ4v) is 3.54. The van der Waals surface area contributed by atoms with E-state index in [9.17, 15) is 10.1 Å². The van der Waals surface area contributed by atoms with E-state index < -0.39 is 0 Å². The Morgan fingerprint density at radius 2 is 1.92 bits per heavy atom. The van der Waals surface area contributed by atoms with Crippen LogP contribution >= 0.6 is 28.3 Å². The number of nitro groups is 1. The lowest BCUT2D eigenvalue weighted by molar-refractivity contribution is -0.385. The van der Waals surface area contributed by atoms with Gasteiger partial charge in [0.1, 0.15) is 0 Å². The first-order valence-electron chi connectivity index (χ1n) is 7.50. The zero-order valence-electron chi connectivity index (χ0n) is 13.0. The molecule has 1 heterocycles. The summed E-state index contributed by atoms with van der Waals surface area (Å²) in [4.78, 5) is 12.9. The van der Waals surface area contributed by atoms with Gasteiger partial charge in [0.15, 0.2) is 0 Å². The zero-order chi connectivity index (χ0) is 16.4. The van der Waals surface area contributed by atoms with Crippen LogP contribution in [0.1, 0.15) is 17.0 Å². The van der Waals surface area contributed by atoms with Crippen LogP contribution in [0.3, 0.4) is 0 Å². The van der Waals surface area contributed by atoms with Crippen molar-refractivity contribution in [1.82, 2.24) is 4.90 Å². The Labute approximate surface area is 155 Å². The maximum absolute atomic E-state index is 11.0. The van der Waals surface area contributed by atoms with E-state index >= 15 is 0 Å². The van der Waals surface area contributed by atoms with Crippen LogP contribution in [0.15, 0.2) is 53.0 Å². The first-order valence-corrected chi connectivity index (χ1v) is 8.29. The van der Waals surface area contributed by atoms with Crippen molar-refractivity contribution < 1.29 is 4.92 Å². The lowest BCUT2D eigenvalue weighted by atomic mass is 9.95. The van der Waals surface area contributed by atoms with Gasteiger partial charge in [-0.2, -0.15) is 0 Å². The molecule has 5 nitrogen and oxygen atoms in total. The summed E-state index contributed by atoms with van der Waals surface area (Å²) in [6.07, 6.45) is 0. The third-order valence-corrected chi connectivity index (χ3v) is 4.95. The smallest absolute Gasteiger partial charge is 0.283 e. The number of nitrogens with two attached hydrogens (primary N) is 1. The van der Waals surface area contributed by atoms with Crippen LogP contribution in [-0.2, 0) is 6.54 Å². The number of nitro benzene ring substituents is 1. The molecular weight excluding hydrogens is 394 g/mol. The first kappa shape index (κ1) is 18.9. The van der Waals surface area contributed by atoms with E-state index in [1.165, 1.54) is 5.56 Å². The minimum Gasteiger partial charge on any atom is -0.326 e. The fourth-order valence-electron chi connectivity index (χ4n) is 3.15. The Hall–Kier alpha value is -1.47. The van der Waals surface area contributed by atoms with Crippen molar-refractivity contribution in [3.63, 3.8) is 0 Å². The van der Waals surface area contributed by atoms with E-state index in [1.807, 2.05) is 24.3 Å². The molecule has 0 amide bonds. The highest BCUT2D eigenvalue weighted by atomic mass is 79.9. The molecule has 24 heavy (non-hydrogen) atoms. The molecule has 0 unspecified atom stereocenters. The minimum absolute atomic E-state index is 0. The van der Waals surface area contributed by atoms with Gasteiger partial charge in [0, 0.05) is 37.7 Å². The summed E-state index contributed by atoms with van der Waals surface area (Å²) in [7, 11) is 0. The zero-order valence-corrected chi connectivity index (χ0v) is 15.4. The maximum Gasteiger partial charge on any atom is 0.283 e. The molecule has 7 heteroatoms.